The summed E-state index contributed by atoms with van der Waals surface area (Å²) in [6.45, 7) is 9.51. The number of aromatic nitrogens is 2. The summed E-state index contributed by atoms with van der Waals surface area (Å²) < 4.78 is 2.21. The number of fused-ring (bicyclic) bond motifs is 1. The quantitative estimate of drug-likeness (QED) is 0.608. The molecule has 1 N–H and O–H groups in total. The van der Waals surface area contributed by atoms with Crippen LogP contribution in [0.15, 0.2) is 61.4 Å². The number of piperidine rings is 1. The monoisotopic (exact) mass is 444 g/mol. The molecule has 0 aliphatic carbocycles. The number of benzene rings is 1. The van der Waals surface area contributed by atoms with Gasteiger partial charge >= 0.3 is 0 Å². The van der Waals surface area contributed by atoms with Gasteiger partial charge in [-0.05, 0) is 62.4 Å². The molecule has 4 heterocycles. The second-order valence-corrected chi connectivity index (χ2v) is 9.12. The van der Waals surface area contributed by atoms with Crippen LogP contribution < -0.4 is 10.2 Å². The summed E-state index contributed by atoms with van der Waals surface area (Å²) in [5.41, 5.74) is 4.57. The van der Waals surface area contributed by atoms with Crippen molar-refractivity contribution in [1.29, 1.82) is 0 Å². The number of likely N-dealkylation sites (N-methyl/N-ethyl adjacent to an activating group) is 1. The second kappa shape index (κ2) is 9.27. The highest BCUT2D eigenvalue weighted by atomic mass is 16.2. The number of hydrogen-bond donors (Lipinski definition) is 1. The topological polar surface area (TPSA) is 56.1 Å². The first kappa shape index (κ1) is 21.5. The molecule has 7 nitrogen and oxygen atoms in total. The van der Waals surface area contributed by atoms with E-state index in [-0.39, 0.29) is 5.91 Å². The minimum Gasteiger partial charge on any atom is -0.369 e. The number of nitrogens with one attached hydrogen (secondary N) is 1. The van der Waals surface area contributed by atoms with Crippen LogP contribution in [0.4, 0.5) is 17.2 Å². The molecule has 0 saturated carbocycles. The van der Waals surface area contributed by atoms with Gasteiger partial charge in [0.2, 0.25) is 5.91 Å². The van der Waals surface area contributed by atoms with E-state index >= 15 is 0 Å². The van der Waals surface area contributed by atoms with Gasteiger partial charge in [-0.1, -0.05) is 6.58 Å². The molecule has 2 aliphatic rings. The zero-order chi connectivity index (χ0) is 22.8. The average Bonchev–Trinajstić information content (AvgIpc) is 3.28. The van der Waals surface area contributed by atoms with Crippen LogP contribution in [0, 0.1) is 0 Å². The highest BCUT2D eigenvalue weighted by molar-refractivity contribution is 5.87. The lowest BCUT2D eigenvalue weighted by Crippen LogP contribution is -2.44. The maximum atomic E-state index is 12.1. The maximum Gasteiger partial charge on any atom is 0.245 e. The Morgan fingerprint density at radius 3 is 2.64 bits per heavy atom. The van der Waals surface area contributed by atoms with Gasteiger partial charge in [-0.15, -0.1) is 0 Å². The third-order valence-electron chi connectivity index (χ3n) is 6.90. The fraction of sp³-hybridized carbons (Fsp3) is 0.385. The largest absolute Gasteiger partial charge is 0.369 e. The smallest absolute Gasteiger partial charge is 0.245 e. The van der Waals surface area contributed by atoms with E-state index in [0.29, 0.717) is 5.92 Å². The number of anilines is 3. The molecular formula is C26H32N6O. The zero-order valence-corrected chi connectivity index (χ0v) is 19.3. The van der Waals surface area contributed by atoms with E-state index in [2.05, 4.69) is 80.7 Å². The number of rotatable bonds is 5. The van der Waals surface area contributed by atoms with Gasteiger partial charge in [0.25, 0.3) is 0 Å². The number of piperazine rings is 1. The molecule has 33 heavy (non-hydrogen) atoms. The van der Waals surface area contributed by atoms with E-state index < -0.39 is 0 Å². The van der Waals surface area contributed by atoms with Crippen molar-refractivity contribution >= 4 is 28.6 Å². The number of hydrogen-bond acceptors (Lipinski definition) is 5. The fourth-order valence-corrected chi connectivity index (χ4v) is 4.94. The maximum absolute atomic E-state index is 12.1. The number of amides is 1. The van der Waals surface area contributed by atoms with Crippen LogP contribution in [-0.2, 0) is 4.79 Å². The van der Waals surface area contributed by atoms with Gasteiger partial charge in [-0.25, -0.2) is 4.98 Å². The third-order valence-corrected chi connectivity index (χ3v) is 6.90. The van der Waals surface area contributed by atoms with Gasteiger partial charge in [-0.2, -0.15) is 0 Å². The second-order valence-electron chi connectivity index (χ2n) is 9.12. The van der Waals surface area contributed by atoms with Gasteiger partial charge in [0.1, 0.15) is 5.82 Å². The predicted molar refractivity (Wildman–Crippen MR) is 133 cm³/mol. The van der Waals surface area contributed by atoms with E-state index in [1.54, 1.807) is 0 Å². The fourth-order valence-electron chi connectivity index (χ4n) is 4.94. The number of carbonyl (C=O) groups is 1. The van der Waals surface area contributed by atoms with E-state index in [9.17, 15) is 4.79 Å². The molecular weight excluding hydrogens is 412 g/mol. The van der Waals surface area contributed by atoms with Crippen molar-refractivity contribution in [3.8, 4) is 0 Å². The molecule has 1 aromatic carbocycles. The van der Waals surface area contributed by atoms with Crippen molar-refractivity contribution in [3.63, 3.8) is 0 Å². The lowest BCUT2D eigenvalue weighted by molar-refractivity contribution is -0.127. The van der Waals surface area contributed by atoms with Crippen LogP contribution in [0.25, 0.3) is 5.52 Å². The summed E-state index contributed by atoms with van der Waals surface area (Å²) in [5.74, 6) is 1.13. The van der Waals surface area contributed by atoms with Crippen molar-refractivity contribution in [2.45, 2.75) is 18.8 Å². The zero-order valence-electron chi connectivity index (χ0n) is 19.3. The summed E-state index contributed by atoms with van der Waals surface area (Å²) in [4.78, 5) is 23.4. The van der Waals surface area contributed by atoms with Crippen LogP contribution in [0.2, 0.25) is 0 Å². The highest BCUT2D eigenvalue weighted by Crippen LogP contribution is 2.29. The first-order chi connectivity index (χ1) is 16.1. The molecule has 1 atom stereocenters. The third kappa shape index (κ3) is 4.59. The van der Waals surface area contributed by atoms with Crippen LogP contribution >= 0.6 is 0 Å². The summed E-state index contributed by atoms with van der Waals surface area (Å²) >= 11 is 0. The minimum absolute atomic E-state index is 0.0182. The lowest BCUT2D eigenvalue weighted by atomic mass is 9.94. The molecule has 0 spiro atoms. The van der Waals surface area contributed by atoms with Crippen LogP contribution in [0.3, 0.4) is 0 Å². The first-order valence-electron chi connectivity index (χ1n) is 11.8. The van der Waals surface area contributed by atoms with Gasteiger partial charge in [0, 0.05) is 62.3 Å². The normalized spacial score (nSPS) is 19.6. The molecule has 2 aromatic heterocycles. The Bertz CT molecular complexity index is 1130. The molecule has 1 amide bonds. The molecule has 3 aromatic rings. The highest BCUT2D eigenvalue weighted by Gasteiger charge is 2.25. The van der Waals surface area contributed by atoms with Gasteiger partial charge in [0.05, 0.1) is 17.9 Å². The van der Waals surface area contributed by atoms with Gasteiger partial charge in [0.15, 0.2) is 0 Å². The molecule has 2 aliphatic heterocycles. The van der Waals surface area contributed by atoms with Gasteiger partial charge < -0.3 is 24.4 Å². The molecule has 0 radical (unpaired) electrons. The van der Waals surface area contributed by atoms with E-state index in [0.717, 1.165) is 69.1 Å². The Kier molecular flexibility index (Phi) is 6.05. The molecule has 1 unspecified atom stereocenters. The Balaban J connectivity index is 1.31. The molecule has 7 heteroatoms. The minimum atomic E-state index is 0.0182. The Morgan fingerprint density at radius 2 is 1.88 bits per heavy atom. The Labute approximate surface area is 195 Å². The standard InChI is InChI=1S/C26H32N6O/c1-3-26(33)31-12-4-5-20(18-31)24-11-10-23-17-27-25(19-32(23)24)28-21-6-8-22(9-7-21)30-15-13-29(2)14-16-30/h3,6-11,17,19-20,28H,1,4-5,12-16,18H2,2H3. The van der Waals surface area contributed by atoms with E-state index in [1.165, 1.54) is 17.5 Å². The number of carbonyl (C=O) groups excluding carboxylic acids is 1. The Hall–Kier alpha value is -3.32. The van der Waals surface area contributed by atoms with Gasteiger partial charge in [-0.3, -0.25) is 4.79 Å². The molecule has 2 fully saturated rings. The van der Waals surface area contributed by atoms with Crippen LogP contribution in [0.1, 0.15) is 24.5 Å². The summed E-state index contributed by atoms with van der Waals surface area (Å²) in [7, 11) is 2.18. The summed E-state index contributed by atoms with van der Waals surface area (Å²) in [6.07, 6.45) is 7.46. The molecule has 0 bridgehead atoms. The number of nitrogens with zero attached hydrogens (tertiary/aromatic N) is 5. The van der Waals surface area contributed by atoms with E-state index in [4.69, 9.17) is 0 Å². The molecule has 2 saturated heterocycles. The SMILES string of the molecule is C=CC(=O)N1CCCC(c2ccc3cnc(Nc4ccc(N5CCN(C)CC5)cc4)cn23)C1. The van der Waals surface area contributed by atoms with Crippen molar-refractivity contribution in [2.75, 3.05) is 56.5 Å². The predicted octanol–water partition coefficient (Wildman–Crippen LogP) is 3.72. The first-order valence-corrected chi connectivity index (χ1v) is 11.8. The number of likely N-dealkylation sites (tertiary alicyclic amines) is 1. The Morgan fingerprint density at radius 1 is 1.09 bits per heavy atom. The van der Waals surface area contributed by atoms with Crippen LogP contribution in [-0.4, -0.2) is 71.4 Å². The summed E-state index contributed by atoms with van der Waals surface area (Å²) in [5, 5.41) is 3.45. The van der Waals surface area contributed by atoms with Crippen molar-refractivity contribution in [2.24, 2.45) is 0 Å². The van der Waals surface area contributed by atoms with Crippen LogP contribution in [0.5, 0.6) is 0 Å². The summed E-state index contributed by atoms with van der Waals surface area (Å²) in [6, 6.07) is 12.9. The van der Waals surface area contributed by atoms with Crippen molar-refractivity contribution < 1.29 is 4.79 Å². The lowest BCUT2D eigenvalue weighted by Gasteiger charge is -2.34. The van der Waals surface area contributed by atoms with Crippen molar-refractivity contribution in [1.82, 2.24) is 19.2 Å². The molecule has 172 valence electrons. The molecule has 5 rings (SSSR count). The van der Waals surface area contributed by atoms with E-state index in [1.807, 2.05) is 11.1 Å². The van der Waals surface area contributed by atoms with Crippen molar-refractivity contribution in [3.05, 3.63) is 67.1 Å². The average molecular weight is 445 g/mol.